The highest BCUT2D eigenvalue weighted by molar-refractivity contribution is 5.94. The van der Waals surface area contributed by atoms with Crippen molar-refractivity contribution in [2.45, 2.75) is 6.42 Å². The topological polar surface area (TPSA) is 60.0 Å². The van der Waals surface area contributed by atoms with Gasteiger partial charge < -0.3 is 20.4 Å². The Balaban J connectivity index is 1.35. The molecule has 0 radical (unpaired) electrons. The molecule has 1 saturated heterocycles. The summed E-state index contributed by atoms with van der Waals surface area (Å²) < 4.78 is 0. The van der Waals surface area contributed by atoms with Gasteiger partial charge in [0.1, 0.15) is 0 Å². The molecule has 3 rings (SSSR count). The van der Waals surface area contributed by atoms with Crippen molar-refractivity contribution in [3.63, 3.8) is 0 Å². The van der Waals surface area contributed by atoms with E-state index in [9.17, 15) is 4.79 Å². The highest BCUT2D eigenvalue weighted by Gasteiger charge is 2.19. The minimum atomic E-state index is -0.0259. The van der Waals surface area contributed by atoms with Gasteiger partial charge in [0.2, 0.25) is 0 Å². The monoisotopic (exact) mass is 379 g/mol. The highest BCUT2D eigenvalue weighted by Crippen LogP contribution is 2.15. The minimum absolute atomic E-state index is 0.0259. The van der Waals surface area contributed by atoms with Crippen molar-refractivity contribution < 1.29 is 4.79 Å². The Hall–Kier alpha value is -3.02. The largest absolute Gasteiger partial charge is 0.368 e. The zero-order valence-electron chi connectivity index (χ0n) is 16.5. The predicted octanol–water partition coefficient (Wildman–Crippen LogP) is 2.20. The number of para-hydroxylation sites is 1. The second-order valence-electron chi connectivity index (χ2n) is 6.76. The number of amides is 1. The van der Waals surface area contributed by atoms with Crippen LogP contribution in [-0.2, 0) is 0 Å². The first-order valence-electron chi connectivity index (χ1n) is 9.87. The summed E-state index contributed by atoms with van der Waals surface area (Å²) >= 11 is 0. The fourth-order valence-corrected chi connectivity index (χ4v) is 3.33. The van der Waals surface area contributed by atoms with Crippen molar-refractivity contribution >= 4 is 17.6 Å². The summed E-state index contributed by atoms with van der Waals surface area (Å²) in [6.07, 6.45) is 0.849. The van der Waals surface area contributed by atoms with Crippen LogP contribution in [0.15, 0.2) is 65.7 Å². The Morgan fingerprint density at radius 2 is 1.50 bits per heavy atom. The molecule has 1 amide bonds. The smallest absolute Gasteiger partial charge is 0.251 e. The Morgan fingerprint density at radius 3 is 2.14 bits per heavy atom. The van der Waals surface area contributed by atoms with Crippen LogP contribution in [0, 0.1) is 0 Å². The summed E-state index contributed by atoms with van der Waals surface area (Å²) in [6.45, 7) is 5.27. The lowest BCUT2D eigenvalue weighted by molar-refractivity contribution is 0.0953. The number of anilines is 1. The third-order valence-electron chi connectivity index (χ3n) is 4.87. The maximum atomic E-state index is 12.0. The molecule has 0 aromatic heterocycles. The molecule has 0 spiro atoms. The normalized spacial score (nSPS) is 14.7. The average Bonchev–Trinajstić information content (AvgIpc) is 2.77. The molecule has 0 atom stereocenters. The number of nitrogens with zero attached hydrogens (tertiary/aromatic N) is 3. The summed E-state index contributed by atoms with van der Waals surface area (Å²) in [7, 11) is 1.82. The number of carbonyl (C=O) groups excluding carboxylic acids is 1. The number of rotatable bonds is 6. The second-order valence-corrected chi connectivity index (χ2v) is 6.76. The molecule has 1 heterocycles. The molecule has 0 saturated carbocycles. The average molecular weight is 380 g/mol. The Morgan fingerprint density at radius 1 is 0.893 bits per heavy atom. The lowest BCUT2D eigenvalue weighted by Crippen LogP contribution is -2.52. The van der Waals surface area contributed by atoms with Crippen LogP contribution in [0.4, 0.5) is 5.69 Å². The van der Waals surface area contributed by atoms with E-state index in [1.165, 1.54) is 5.69 Å². The van der Waals surface area contributed by atoms with Gasteiger partial charge in [-0.1, -0.05) is 36.4 Å². The molecule has 2 N–H and O–H groups in total. The van der Waals surface area contributed by atoms with E-state index in [-0.39, 0.29) is 5.91 Å². The van der Waals surface area contributed by atoms with Crippen LogP contribution < -0.4 is 15.5 Å². The molecule has 0 unspecified atom stereocenters. The van der Waals surface area contributed by atoms with E-state index in [0.29, 0.717) is 12.1 Å². The van der Waals surface area contributed by atoms with Crippen LogP contribution in [-0.4, -0.2) is 63.1 Å². The molecular weight excluding hydrogens is 350 g/mol. The van der Waals surface area contributed by atoms with E-state index in [1.807, 2.05) is 43.4 Å². The van der Waals surface area contributed by atoms with Gasteiger partial charge in [-0.2, -0.15) is 0 Å². The number of hydrogen-bond donors (Lipinski definition) is 2. The van der Waals surface area contributed by atoms with Crippen LogP contribution in [0.3, 0.4) is 0 Å². The summed E-state index contributed by atoms with van der Waals surface area (Å²) in [6, 6.07) is 19.8. The molecule has 0 aliphatic carbocycles. The van der Waals surface area contributed by atoms with Crippen molar-refractivity contribution in [1.82, 2.24) is 15.5 Å². The molecule has 1 aliphatic heterocycles. The van der Waals surface area contributed by atoms with Gasteiger partial charge in [0.05, 0.1) is 0 Å². The lowest BCUT2D eigenvalue weighted by Gasteiger charge is -2.37. The van der Waals surface area contributed by atoms with Crippen molar-refractivity contribution in [2.75, 3.05) is 51.2 Å². The first kappa shape index (κ1) is 19.7. The van der Waals surface area contributed by atoms with Gasteiger partial charge in [-0.05, 0) is 30.7 Å². The Kier molecular flexibility index (Phi) is 7.29. The van der Waals surface area contributed by atoms with E-state index in [4.69, 9.17) is 0 Å². The molecule has 0 bridgehead atoms. The zero-order valence-corrected chi connectivity index (χ0v) is 16.5. The fourth-order valence-electron chi connectivity index (χ4n) is 3.33. The van der Waals surface area contributed by atoms with Gasteiger partial charge in [0.25, 0.3) is 5.91 Å². The van der Waals surface area contributed by atoms with Crippen LogP contribution in [0.1, 0.15) is 16.8 Å². The van der Waals surface area contributed by atoms with Gasteiger partial charge in [-0.3, -0.25) is 9.79 Å². The maximum absolute atomic E-state index is 12.0. The van der Waals surface area contributed by atoms with Crippen molar-refractivity contribution in [1.29, 1.82) is 0 Å². The molecule has 6 heteroatoms. The maximum Gasteiger partial charge on any atom is 0.251 e. The van der Waals surface area contributed by atoms with Crippen molar-refractivity contribution in [3.05, 3.63) is 66.2 Å². The van der Waals surface area contributed by atoms with Gasteiger partial charge in [-0.25, -0.2) is 0 Å². The number of hydrogen-bond acceptors (Lipinski definition) is 3. The van der Waals surface area contributed by atoms with Crippen LogP contribution in [0.2, 0.25) is 0 Å². The van der Waals surface area contributed by atoms with E-state index < -0.39 is 0 Å². The van der Waals surface area contributed by atoms with E-state index in [0.717, 1.165) is 45.1 Å². The highest BCUT2D eigenvalue weighted by atomic mass is 16.1. The molecule has 148 valence electrons. The van der Waals surface area contributed by atoms with Crippen molar-refractivity contribution in [3.8, 4) is 0 Å². The third kappa shape index (κ3) is 5.49. The molecule has 2 aromatic carbocycles. The number of aliphatic imine (C=N–C) groups is 1. The molecular formula is C22H29N5O. The molecule has 1 aliphatic rings. The minimum Gasteiger partial charge on any atom is -0.368 e. The Labute approximate surface area is 167 Å². The number of piperazine rings is 1. The summed E-state index contributed by atoms with van der Waals surface area (Å²) in [5, 5.41) is 6.37. The second kappa shape index (κ2) is 10.3. The molecule has 2 aromatic rings. The standard InChI is InChI=1S/C22H29N5O/c1-23-22(25-14-8-13-24-21(28)19-9-4-2-5-10-19)27-17-15-26(16-18-27)20-11-6-3-7-12-20/h2-7,9-12H,8,13-18H2,1H3,(H,23,25)(H,24,28). The molecule has 28 heavy (non-hydrogen) atoms. The van der Waals surface area contributed by atoms with Crippen LogP contribution >= 0.6 is 0 Å². The van der Waals surface area contributed by atoms with E-state index in [2.05, 4.69) is 49.7 Å². The summed E-state index contributed by atoms with van der Waals surface area (Å²) in [5.41, 5.74) is 1.97. The quantitative estimate of drug-likeness (QED) is 0.459. The number of benzene rings is 2. The summed E-state index contributed by atoms with van der Waals surface area (Å²) in [5.74, 6) is 0.907. The molecule has 6 nitrogen and oxygen atoms in total. The Bertz CT molecular complexity index is 755. The predicted molar refractivity (Wildman–Crippen MR) is 115 cm³/mol. The summed E-state index contributed by atoms with van der Waals surface area (Å²) in [4.78, 5) is 21.1. The van der Waals surface area contributed by atoms with Gasteiger partial charge in [0, 0.05) is 57.6 Å². The van der Waals surface area contributed by atoms with Gasteiger partial charge in [-0.15, -0.1) is 0 Å². The lowest BCUT2D eigenvalue weighted by atomic mass is 10.2. The van der Waals surface area contributed by atoms with Gasteiger partial charge in [0.15, 0.2) is 5.96 Å². The first-order valence-corrected chi connectivity index (χ1v) is 9.87. The number of guanidine groups is 1. The van der Waals surface area contributed by atoms with Crippen LogP contribution in [0.25, 0.3) is 0 Å². The fraction of sp³-hybridized carbons (Fsp3) is 0.364. The number of carbonyl (C=O) groups is 1. The van der Waals surface area contributed by atoms with E-state index >= 15 is 0 Å². The SMILES string of the molecule is CN=C(NCCCNC(=O)c1ccccc1)N1CCN(c2ccccc2)CC1. The van der Waals surface area contributed by atoms with Crippen LogP contribution in [0.5, 0.6) is 0 Å². The third-order valence-corrected chi connectivity index (χ3v) is 4.87. The molecule has 1 fully saturated rings. The first-order chi connectivity index (χ1) is 13.8. The zero-order chi connectivity index (χ0) is 19.6. The van der Waals surface area contributed by atoms with E-state index in [1.54, 1.807) is 0 Å². The van der Waals surface area contributed by atoms with Gasteiger partial charge >= 0.3 is 0 Å². The van der Waals surface area contributed by atoms with Crippen molar-refractivity contribution in [2.24, 2.45) is 4.99 Å². The number of nitrogens with one attached hydrogen (secondary N) is 2.